The number of azo groups is 1. The van der Waals surface area contributed by atoms with Crippen LogP contribution >= 0.6 is 0 Å². The number of pyridine rings is 1. The average molecular weight is 455 g/mol. The third kappa shape index (κ3) is 6.95. The van der Waals surface area contributed by atoms with E-state index in [2.05, 4.69) is 25.0 Å². The molecule has 0 radical (unpaired) electrons. The van der Waals surface area contributed by atoms with E-state index in [1.165, 1.54) is 0 Å². The number of amides is 1. The molecule has 3 heterocycles. The van der Waals surface area contributed by atoms with Gasteiger partial charge in [0.05, 0.1) is 37.8 Å². The smallest absolute Gasteiger partial charge is 0.248 e. The zero-order valence-corrected chi connectivity index (χ0v) is 18.7. The minimum absolute atomic E-state index is 0.290. The fraction of sp³-hybridized carbons (Fsp3) is 0.478. The minimum Gasteiger partial charge on any atom is -0.476 e. The molecule has 10 nitrogen and oxygen atoms in total. The molecule has 1 aromatic heterocycles. The predicted octanol–water partition coefficient (Wildman–Crippen LogP) is 2.01. The van der Waals surface area contributed by atoms with Crippen LogP contribution in [-0.2, 0) is 16.0 Å². The summed E-state index contributed by atoms with van der Waals surface area (Å²) in [5, 5.41) is 8.51. The van der Waals surface area contributed by atoms with Crippen molar-refractivity contribution in [3.05, 3.63) is 47.7 Å². The van der Waals surface area contributed by atoms with Crippen molar-refractivity contribution in [2.45, 2.75) is 6.54 Å². The Bertz CT molecular complexity index is 958. The molecule has 2 aliphatic heterocycles. The van der Waals surface area contributed by atoms with Crippen LogP contribution in [0.3, 0.4) is 0 Å². The number of rotatable bonds is 9. The zero-order valence-electron chi connectivity index (χ0n) is 18.7. The Kier molecular flexibility index (Phi) is 8.18. The van der Waals surface area contributed by atoms with Gasteiger partial charge in [-0.25, -0.2) is 4.98 Å². The maximum atomic E-state index is 11.4. The van der Waals surface area contributed by atoms with Crippen LogP contribution in [0.2, 0.25) is 0 Å². The molecule has 33 heavy (non-hydrogen) atoms. The van der Waals surface area contributed by atoms with E-state index in [4.69, 9.17) is 19.9 Å². The first-order chi connectivity index (χ1) is 16.2. The number of hydrogen-bond acceptors (Lipinski definition) is 9. The van der Waals surface area contributed by atoms with Crippen molar-refractivity contribution >= 4 is 17.3 Å². The van der Waals surface area contributed by atoms with Crippen LogP contribution in [-0.4, -0.2) is 81.5 Å². The molecule has 0 atom stereocenters. The lowest BCUT2D eigenvalue weighted by molar-refractivity contribution is 0.0320. The van der Waals surface area contributed by atoms with E-state index in [-0.39, 0.29) is 0 Å². The molecular formula is C23H30N6O4. The van der Waals surface area contributed by atoms with Crippen LogP contribution in [0.5, 0.6) is 5.88 Å². The monoisotopic (exact) mass is 454 g/mol. The molecular weight excluding hydrogens is 424 g/mol. The number of benzene rings is 1. The molecule has 2 fully saturated rings. The van der Waals surface area contributed by atoms with Crippen LogP contribution < -0.4 is 15.4 Å². The lowest BCUT2D eigenvalue weighted by Gasteiger charge is -2.29. The summed E-state index contributed by atoms with van der Waals surface area (Å²) in [5.41, 5.74) is 8.10. The first kappa shape index (κ1) is 23.1. The zero-order chi connectivity index (χ0) is 22.9. The molecule has 2 saturated heterocycles. The molecule has 0 aliphatic carbocycles. The molecule has 2 aliphatic rings. The number of hydrogen-bond donors (Lipinski definition) is 1. The number of carbonyl (C=O) groups excluding carboxylic acids is 1. The summed E-state index contributed by atoms with van der Waals surface area (Å²) in [5.74, 6) is 0.0824. The van der Waals surface area contributed by atoms with E-state index in [0.29, 0.717) is 43.5 Å². The second-order valence-corrected chi connectivity index (χ2v) is 7.87. The van der Waals surface area contributed by atoms with Gasteiger partial charge in [-0.1, -0.05) is 6.07 Å². The molecule has 0 saturated carbocycles. The van der Waals surface area contributed by atoms with Crippen molar-refractivity contribution in [3.63, 3.8) is 0 Å². The molecule has 10 heteroatoms. The molecule has 176 valence electrons. The lowest BCUT2D eigenvalue weighted by Crippen LogP contribution is -2.38. The highest BCUT2D eigenvalue weighted by molar-refractivity contribution is 5.93. The van der Waals surface area contributed by atoms with Gasteiger partial charge in [0.1, 0.15) is 13.2 Å². The normalized spacial score (nSPS) is 17.4. The van der Waals surface area contributed by atoms with Crippen molar-refractivity contribution in [1.82, 2.24) is 9.88 Å². The summed E-state index contributed by atoms with van der Waals surface area (Å²) in [6.07, 6.45) is 0. The van der Waals surface area contributed by atoms with Crippen LogP contribution in [0.25, 0.3) is 0 Å². The van der Waals surface area contributed by atoms with Gasteiger partial charge in [-0.05, 0) is 24.3 Å². The number of nitrogens with zero attached hydrogens (tertiary/aromatic N) is 5. The Hall–Kier alpha value is -3.08. The fourth-order valence-electron chi connectivity index (χ4n) is 3.72. The first-order valence-electron chi connectivity index (χ1n) is 11.2. The Morgan fingerprint density at radius 2 is 1.82 bits per heavy atom. The van der Waals surface area contributed by atoms with Crippen LogP contribution in [0.15, 0.2) is 46.6 Å². The summed E-state index contributed by atoms with van der Waals surface area (Å²) in [7, 11) is 0. The van der Waals surface area contributed by atoms with Crippen molar-refractivity contribution in [2.75, 3.05) is 70.7 Å². The summed E-state index contributed by atoms with van der Waals surface area (Å²) in [6.45, 7) is 8.08. The van der Waals surface area contributed by atoms with Gasteiger partial charge in [0, 0.05) is 50.0 Å². The van der Waals surface area contributed by atoms with Crippen molar-refractivity contribution in [1.29, 1.82) is 0 Å². The van der Waals surface area contributed by atoms with Gasteiger partial charge in [-0.2, -0.15) is 10.2 Å². The molecule has 4 rings (SSSR count). The molecule has 2 aromatic rings. The second-order valence-electron chi connectivity index (χ2n) is 7.87. The molecule has 0 spiro atoms. The van der Waals surface area contributed by atoms with E-state index in [1.807, 2.05) is 12.1 Å². The van der Waals surface area contributed by atoms with Crippen LogP contribution in [0, 0.1) is 0 Å². The Balaban J connectivity index is 1.43. The van der Waals surface area contributed by atoms with Gasteiger partial charge in [-0.15, -0.1) is 0 Å². The van der Waals surface area contributed by atoms with Gasteiger partial charge in [0.25, 0.3) is 0 Å². The number of aromatic nitrogens is 1. The van der Waals surface area contributed by atoms with Gasteiger partial charge in [0.2, 0.25) is 11.8 Å². The van der Waals surface area contributed by atoms with E-state index in [9.17, 15) is 4.79 Å². The Morgan fingerprint density at radius 1 is 1.06 bits per heavy atom. The van der Waals surface area contributed by atoms with Gasteiger partial charge >= 0.3 is 0 Å². The summed E-state index contributed by atoms with van der Waals surface area (Å²) in [6, 6.07) is 10.7. The number of carbonyl (C=O) groups is 1. The molecule has 1 amide bonds. The highest BCUT2D eigenvalue weighted by Gasteiger charge is 2.15. The Labute approximate surface area is 193 Å². The number of anilines is 1. The lowest BCUT2D eigenvalue weighted by atomic mass is 10.2. The van der Waals surface area contributed by atoms with E-state index in [0.717, 1.165) is 57.3 Å². The Morgan fingerprint density at radius 3 is 2.58 bits per heavy atom. The maximum absolute atomic E-state index is 11.4. The predicted molar refractivity (Wildman–Crippen MR) is 123 cm³/mol. The number of primary amides is 1. The second kappa shape index (κ2) is 11.7. The molecule has 2 N–H and O–H groups in total. The quantitative estimate of drug-likeness (QED) is 0.576. The highest BCUT2D eigenvalue weighted by Crippen LogP contribution is 2.23. The standard InChI is InChI=1S/C23H30N6O4/c24-23(30)18-2-1-3-19(14-18)27-25-17-20-15-21(29-7-11-32-12-8-29)16-22(26-20)33-13-6-28-4-9-31-10-5-28/h1-3,14-16H,4-13,17H2,(H2,24,30). The topological polar surface area (TPSA) is 115 Å². The molecule has 0 unspecified atom stereocenters. The van der Waals surface area contributed by atoms with Gasteiger partial charge in [0.15, 0.2) is 0 Å². The number of morpholine rings is 2. The summed E-state index contributed by atoms with van der Waals surface area (Å²) in [4.78, 5) is 20.6. The van der Waals surface area contributed by atoms with Gasteiger partial charge in [-0.3, -0.25) is 9.69 Å². The third-order valence-electron chi connectivity index (χ3n) is 5.53. The summed E-state index contributed by atoms with van der Waals surface area (Å²) >= 11 is 0. The largest absolute Gasteiger partial charge is 0.476 e. The number of ether oxygens (including phenoxy) is 3. The third-order valence-corrected chi connectivity index (χ3v) is 5.53. The van der Waals surface area contributed by atoms with Crippen molar-refractivity contribution in [2.24, 2.45) is 16.0 Å². The minimum atomic E-state index is -0.495. The van der Waals surface area contributed by atoms with E-state index >= 15 is 0 Å². The van der Waals surface area contributed by atoms with E-state index < -0.39 is 5.91 Å². The van der Waals surface area contributed by atoms with E-state index in [1.54, 1.807) is 24.3 Å². The van der Waals surface area contributed by atoms with Crippen LogP contribution in [0.4, 0.5) is 11.4 Å². The maximum Gasteiger partial charge on any atom is 0.248 e. The van der Waals surface area contributed by atoms with Gasteiger partial charge < -0.3 is 24.8 Å². The first-order valence-corrected chi connectivity index (χ1v) is 11.2. The number of nitrogens with two attached hydrogens (primary N) is 1. The average Bonchev–Trinajstić information content (AvgIpc) is 2.85. The molecule has 0 bridgehead atoms. The fourth-order valence-corrected chi connectivity index (χ4v) is 3.72. The highest BCUT2D eigenvalue weighted by atomic mass is 16.5. The summed E-state index contributed by atoms with van der Waals surface area (Å²) < 4.78 is 16.9. The SMILES string of the molecule is NC(=O)c1cccc(N=NCc2cc(N3CCOCC3)cc(OCCN3CCOCC3)n2)c1. The van der Waals surface area contributed by atoms with Crippen molar-refractivity contribution < 1.29 is 19.0 Å². The van der Waals surface area contributed by atoms with Crippen LogP contribution in [0.1, 0.15) is 16.1 Å². The molecule has 1 aromatic carbocycles. The van der Waals surface area contributed by atoms with Crippen molar-refractivity contribution in [3.8, 4) is 5.88 Å².